The van der Waals surface area contributed by atoms with Crippen LogP contribution in [0.15, 0.2) is 39.9 Å². The number of hydrogen-bond donors (Lipinski definition) is 3. The van der Waals surface area contributed by atoms with E-state index in [4.69, 9.17) is 0 Å². The zero-order valence-electron chi connectivity index (χ0n) is 7.65. The van der Waals surface area contributed by atoms with Gasteiger partial charge in [0.2, 0.25) is 5.75 Å². The van der Waals surface area contributed by atoms with Gasteiger partial charge in [-0.25, -0.2) is 4.79 Å². The first-order valence-corrected chi connectivity index (χ1v) is 4.29. The number of rotatable bonds is 1. The Bertz CT molecular complexity index is 584. The maximum Gasteiger partial charge on any atom is 0.326 e. The average molecular weight is 204 g/mol. The van der Waals surface area contributed by atoms with E-state index in [0.717, 1.165) is 0 Å². The van der Waals surface area contributed by atoms with E-state index in [-0.39, 0.29) is 5.69 Å². The van der Waals surface area contributed by atoms with Crippen LogP contribution in [0.25, 0.3) is 11.3 Å². The van der Waals surface area contributed by atoms with Crippen LogP contribution in [0.3, 0.4) is 0 Å². The van der Waals surface area contributed by atoms with Crippen LogP contribution in [0.5, 0.6) is 5.75 Å². The van der Waals surface area contributed by atoms with Crippen molar-refractivity contribution in [2.24, 2.45) is 0 Å². The highest BCUT2D eigenvalue weighted by Gasteiger charge is 2.08. The van der Waals surface area contributed by atoms with E-state index in [1.54, 1.807) is 30.3 Å². The summed E-state index contributed by atoms with van der Waals surface area (Å²) >= 11 is 0. The Labute approximate surface area is 84.0 Å². The van der Waals surface area contributed by atoms with Gasteiger partial charge in [-0.15, -0.1) is 0 Å². The van der Waals surface area contributed by atoms with Crippen LogP contribution in [0.4, 0.5) is 0 Å². The normalized spacial score (nSPS) is 10.1. The molecule has 1 aromatic carbocycles. The van der Waals surface area contributed by atoms with Crippen molar-refractivity contribution in [1.29, 1.82) is 0 Å². The molecule has 0 amide bonds. The van der Waals surface area contributed by atoms with E-state index in [2.05, 4.69) is 4.98 Å². The largest absolute Gasteiger partial charge is 0.502 e. The molecule has 0 spiro atoms. The Balaban J connectivity index is 2.74. The fourth-order valence-corrected chi connectivity index (χ4v) is 1.29. The molecule has 5 nitrogen and oxygen atoms in total. The lowest BCUT2D eigenvalue weighted by atomic mass is 10.1. The highest BCUT2D eigenvalue weighted by atomic mass is 16.3. The summed E-state index contributed by atoms with van der Waals surface area (Å²) in [6.45, 7) is 0. The summed E-state index contributed by atoms with van der Waals surface area (Å²) < 4.78 is 0. The van der Waals surface area contributed by atoms with Gasteiger partial charge < -0.3 is 10.1 Å². The SMILES string of the molecule is O=c1[nH]c(-c2ccccc2)c(O)c(=O)[nH]1. The molecule has 3 N–H and O–H groups in total. The number of benzene rings is 1. The van der Waals surface area contributed by atoms with Gasteiger partial charge >= 0.3 is 5.69 Å². The minimum atomic E-state index is -0.794. The van der Waals surface area contributed by atoms with Crippen LogP contribution in [0, 0.1) is 0 Å². The second kappa shape index (κ2) is 3.45. The molecule has 0 atom stereocenters. The first kappa shape index (κ1) is 9.26. The molecule has 0 fully saturated rings. The number of aromatic amines is 2. The highest BCUT2D eigenvalue weighted by molar-refractivity contribution is 5.64. The summed E-state index contributed by atoms with van der Waals surface area (Å²) in [5, 5.41) is 9.46. The average Bonchev–Trinajstić information content (AvgIpc) is 2.24. The Morgan fingerprint density at radius 2 is 1.67 bits per heavy atom. The molecule has 2 rings (SSSR count). The van der Waals surface area contributed by atoms with Gasteiger partial charge in [-0.1, -0.05) is 30.3 Å². The number of aromatic nitrogens is 2. The first-order valence-electron chi connectivity index (χ1n) is 4.29. The van der Waals surface area contributed by atoms with Crippen molar-refractivity contribution >= 4 is 0 Å². The van der Waals surface area contributed by atoms with E-state index >= 15 is 0 Å². The van der Waals surface area contributed by atoms with Gasteiger partial charge in [0.1, 0.15) is 0 Å². The molecule has 0 radical (unpaired) electrons. The predicted molar refractivity (Wildman–Crippen MR) is 54.8 cm³/mol. The number of hydrogen-bond acceptors (Lipinski definition) is 3. The molecule has 15 heavy (non-hydrogen) atoms. The standard InChI is InChI=1S/C10H8N2O3/c13-8-7(6-4-2-1-3-5-6)11-10(15)12-9(8)14/h1-5,13H,(H2,11,12,14,15). The Morgan fingerprint density at radius 3 is 2.33 bits per heavy atom. The molecule has 0 aliphatic heterocycles. The van der Waals surface area contributed by atoms with Crippen molar-refractivity contribution in [3.63, 3.8) is 0 Å². The third-order valence-corrected chi connectivity index (χ3v) is 1.98. The van der Waals surface area contributed by atoms with Crippen molar-refractivity contribution in [2.45, 2.75) is 0 Å². The van der Waals surface area contributed by atoms with Gasteiger partial charge in [-0.05, 0) is 0 Å². The molecule has 0 saturated heterocycles. The minimum absolute atomic E-state index is 0.129. The number of aromatic hydroxyl groups is 1. The van der Waals surface area contributed by atoms with Gasteiger partial charge in [0.25, 0.3) is 5.56 Å². The second-order valence-corrected chi connectivity index (χ2v) is 3.00. The molecule has 1 aromatic heterocycles. The van der Waals surface area contributed by atoms with Crippen LogP contribution >= 0.6 is 0 Å². The molecule has 5 heteroatoms. The van der Waals surface area contributed by atoms with E-state index in [1.807, 2.05) is 4.98 Å². The number of H-pyrrole nitrogens is 2. The first-order chi connectivity index (χ1) is 7.18. The van der Waals surface area contributed by atoms with Crippen LogP contribution in [-0.2, 0) is 0 Å². The van der Waals surface area contributed by atoms with Crippen LogP contribution < -0.4 is 11.2 Å². The van der Waals surface area contributed by atoms with Crippen LogP contribution in [-0.4, -0.2) is 15.1 Å². The summed E-state index contributed by atoms with van der Waals surface area (Å²) in [6.07, 6.45) is 0. The van der Waals surface area contributed by atoms with E-state index in [0.29, 0.717) is 5.56 Å². The van der Waals surface area contributed by atoms with Gasteiger partial charge in [0.15, 0.2) is 0 Å². The molecular weight excluding hydrogens is 196 g/mol. The smallest absolute Gasteiger partial charge is 0.326 e. The fraction of sp³-hybridized carbons (Fsp3) is 0. The second-order valence-electron chi connectivity index (χ2n) is 3.00. The van der Waals surface area contributed by atoms with Crippen molar-refractivity contribution in [2.75, 3.05) is 0 Å². The van der Waals surface area contributed by atoms with Gasteiger partial charge in [0, 0.05) is 5.56 Å². The third kappa shape index (κ3) is 1.67. The molecule has 0 unspecified atom stereocenters. The fourth-order valence-electron chi connectivity index (χ4n) is 1.29. The summed E-state index contributed by atoms with van der Waals surface area (Å²) in [7, 11) is 0. The molecule has 0 bridgehead atoms. The highest BCUT2D eigenvalue weighted by Crippen LogP contribution is 2.20. The molecule has 76 valence electrons. The maximum absolute atomic E-state index is 11.1. The summed E-state index contributed by atoms with van der Waals surface area (Å²) in [5.41, 5.74) is -0.725. The Kier molecular flexibility index (Phi) is 2.13. The van der Waals surface area contributed by atoms with Crippen LogP contribution in [0.1, 0.15) is 0 Å². The topological polar surface area (TPSA) is 85.9 Å². The minimum Gasteiger partial charge on any atom is -0.502 e. The molecule has 1 heterocycles. The van der Waals surface area contributed by atoms with Crippen molar-refractivity contribution in [3.05, 3.63) is 51.2 Å². The summed E-state index contributed by atoms with van der Waals surface area (Å²) in [5.74, 6) is -0.485. The zero-order valence-corrected chi connectivity index (χ0v) is 7.65. The van der Waals surface area contributed by atoms with E-state index in [9.17, 15) is 14.7 Å². The van der Waals surface area contributed by atoms with Gasteiger partial charge in [-0.3, -0.25) is 9.78 Å². The predicted octanol–water partition coefficient (Wildman–Crippen LogP) is 0.436. The lowest BCUT2D eigenvalue weighted by molar-refractivity contribution is 0.465. The molecule has 0 aliphatic carbocycles. The molecular formula is C10H8N2O3. The summed E-state index contributed by atoms with van der Waals surface area (Å²) in [6, 6.07) is 8.66. The van der Waals surface area contributed by atoms with Crippen molar-refractivity contribution in [1.82, 2.24) is 9.97 Å². The monoisotopic (exact) mass is 204 g/mol. The maximum atomic E-state index is 11.1. The quantitative estimate of drug-likeness (QED) is 0.629. The Morgan fingerprint density at radius 1 is 1.00 bits per heavy atom. The lowest BCUT2D eigenvalue weighted by Crippen LogP contribution is -2.22. The molecule has 0 saturated carbocycles. The third-order valence-electron chi connectivity index (χ3n) is 1.98. The zero-order chi connectivity index (χ0) is 10.8. The van der Waals surface area contributed by atoms with Crippen LogP contribution in [0.2, 0.25) is 0 Å². The molecule has 2 aromatic rings. The Hall–Kier alpha value is -2.30. The van der Waals surface area contributed by atoms with Gasteiger partial charge in [-0.2, -0.15) is 0 Å². The summed E-state index contributed by atoms with van der Waals surface area (Å²) in [4.78, 5) is 26.4. The number of nitrogens with one attached hydrogen (secondary N) is 2. The van der Waals surface area contributed by atoms with Crippen molar-refractivity contribution in [3.8, 4) is 17.0 Å². The molecule has 0 aliphatic rings. The van der Waals surface area contributed by atoms with Gasteiger partial charge in [0.05, 0.1) is 5.69 Å². The van der Waals surface area contributed by atoms with E-state index in [1.165, 1.54) is 0 Å². The van der Waals surface area contributed by atoms with E-state index < -0.39 is 17.0 Å². The van der Waals surface area contributed by atoms with Crippen molar-refractivity contribution < 1.29 is 5.11 Å². The lowest BCUT2D eigenvalue weighted by Gasteiger charge is -2.02.